The summed E-state index contributed by atoms with van der Waals surface area (Å²) in [6.45, 7) is 1.86. The number of ether oxygens (including phenoxy) is 2. The van der Waals surface area contributed by atoms with Crippen LogP contribution in [0.4, 0.5) is 0 Å². The lowest BCUT2D eigenvalue weighted by Gasteiger charge is -2.24. The van der Waals surface area contributed by atoms with Crippen molar-refractivity contribution in [2.24, 2.45) is 0 Å². The lowest BCUT2D eigenvalue weighted by atomic mass is 9.91. The number of hydrogen-bond acceptors (Lipinski definition) is 4. The Bertz CT molecular complexity index is 820. The number of aliphatic hydroxyl groups is 2. The van der Waals surface area contributed by atoms with Gasteiger partial charge in [-0.05, 0) is 24.1 Å². The van der Waals surface area contributed by atoms with E-state index >= 15 is 0 Å². The highest BCUT2D eigenvalue weighted by atomic mass is 16.5. The van der Waals surface area contributed by atoms with Gasteiger partial charge in [-0.25, -0.2) is 0 Å². The van der Waals surface area contributed by atoms with Crippen LogP contribution in [0, 0.1) is 6.92 Å². The van der Waals surface area contributed by atoms with Crippen LogP contribution in [0.3, 0.4) is 0 Å². The predicted octanol–water partition coefficient (Wildman–Crippen LogP) is 4.18. The molecular formula is C23H24O4. The summed E-state index contributed by atoms with van der Waals surface area (Å²) in [4.78, 5) is 0. The first kappa shape index (κ1) is 19.0. The maximum Gasteiger partial charge on any atom is 0.131 e. The van der Waals surface area contributed by atoms with Gasteiger partial charge in [0.1, 0.15) is 23.7 Å². The number of aliphatic hydroxyl groups excluding tert-OH is 2. The summed E-state index contributed by atoms with van der Waals surface area (Å²) in [6.07, 6.45) is -1.76. The first-order chi connectivity index (χ1) is 13.1. The Morgan fingerprint density at radius 1 is 0.667 bits per heavy atom. The highest BCUT2D eigenvalue weighted by molar-refractivity contribution is 5.58. The molecule has 0 heterocycles. The Hall–Kier alpha value is -2.82. The minimum Gasteiger partial charge on any atom is -0.496 e. The Morgan fingerprint density at radius 3 is 1.37 bits per heavy atom. The molecule has 3 aromatic carbocycles. The van der Waals surface area contributed by atoms with Crippen LogP contribution in [-0.4, -0.2) is 24.4 Å². The average Bonchev–Trinajstić information content (AvgIpc) is 2.73. The van der Waals surface area contributed by atoms with Gasteiger partial charge >= 0.3 is 0 Å². The lowest BCUT2D eigenvalue weighted by molar-refractivity contribution is 0.205. The van der Waals surface area contributed by atoms with E-state index < -0.39 is 12.2 Å². The number of hydrogen-bond donors (Lipinski definition) is 2. The molecule has 140 valence electrons. The Kier molecular flexibility index (Phi) is 5.79. The normalized spacial score (nSPS) is 13.1. The molecular weight excluding hydrogens is 340 g/mol. The van der Waals surface area contributed by atoms with Crippen molar-refractivity contribution in [2.75, 3.05) is 14.2 Å². The lowest BCUT2D eigenvalue weighted by Crippen LogP contribution is -2.10. The zero-order valence-corrected chi connectivity index (χ0v) is 15.7. The molecule has 2 N–H and O–H groups in total. The molecule has 0 aliphatic carbocycles. The van der Waals surface area contributed by atoms with Crippen LogP contribution in [0.5, 0.6) is 11.5 Å². The molecule has 2 atom stereocenters. The molecule has 4 heteroatoms. The van der Waals surface area contributed by atoms with Gasteiger partial charge in [-0.2, -0.15) is 0 Å². The van der Waals surface area contributed by atoms with Gasteiger partial charge in [0, 0.05) is 16.7 Å². The van der Waals surface area contributed by atoms with E-state index in [0.29, 0.717) is 22.6 Å². The standard InChI is InChI=1S/C23H24O4/c1-15-22(26-2)18(20(24)16-10-6-4-7-11-16)14-19(23(15)27-3)21(25)17-12-8-5-9-13-17/h4-14,20-21,24-25H,1-3H3. The fourth-order valence-corrected chi connectivity index (χ4v) is 3.41. The molecule has 3 aromatic rings. The first-order valence-corrected chi connectivity index (χ1v) is 8.79. The van der Waals surface area contributed by atoms with Gasteiger partial charge in [-0.1, -0.05) is 60.7 Å². The molecule has 27 heavy (non-hydrogen) atoms. The van der Waals surface area contributed by atoms with Crippen molar-refractivity contribution in [3.05, 3.63) is 94.5 Å². The predicted molar refractivity (Wildman–Crippen MR) is 105 cm³/mol. The Labute approximate surface area is 159 Å². The fraction of sp³-hybridized carbons (Fsp3) is 0.217. The third-order valence-electron chi connectivity index (χ3n) is 4.74. The number of benzene rings is 3. The zero-order valence-electron chi connectivity index (χ0n) is 15.7. The van der Waals surface area contributed by atoms with Gasteiger partial charge in [0.15, 0.2) is 0 Å². The van der Waals surface area contributed by atoms with Crippen LogP contribution in [0.25, 0.3) is 0 Å². The molecule has 0 spiro atoms. The second kappa shape index (κ2) is 8.25. The molecule has 0 fully saturated rings. The van der Waals surface area contributed by atoms with E-state index in [9.17, 15) is 10.2 Å². The molecule has 0 saturated carbocycles. The molecule has 0 amide bonds. The van der Waals surface area contributed by atoms with E-state index in [1.807, 2.05) is 67.6 Å². The van der Waals surface area contributed by atoms with Crippen molar-refractivity contribution in [3.63, 3.8) is 0 Å². The average molecular weight is 364 g/mol. The van der Waals surface area contributed by atoms with E-state index in [1.54, 1.807) is 20.3 Å². The van der Waals surface area contributed by atoms with Gasteiger partial charge in [0.05, 0.1) is 14.2 Å². The monoisotopic (exact) mass is 364 g/mol. The second-order valence-corrected chi connectivity index (χ2v) is 6.37. The van der Waals surface area contributed by atoms with E-state index in [1.165, 1.54) is 0 Å². The van der Waals surface area contributed by atoms with Crippen LogP contribution >= 0.6 is 0 Å². The largest absolute Gasteiger partial charge is 0.496 e. The van der Waals surface area contributed by atoms with Crippen LogP contribution < -0.4 is 9.47 Å². The van der Waals surface area contributed by atoms with Crippen LogP contribution in [0.1, 0.15) is 40.0 Å². The number of methoxy groups -OCH3 is 2. The first-order valence-electron chi connectivity index (χ1n) is 8.79. The summed E-state index contributed by atoms with van der Waals surface area (Å²) in [6, 6.07) is 20.5. The van der Waals surface area contributed by atoms with E-state index in [0.717, 1.165) is 16.7 Å². The highest BCUT2D eigenvalue weighted by Gasteiger charge is 2.26. The van der Waals surface area contributed by atoms with Crippen molar-refractivity contribution < 1.29 is 19.7 Å². The fourth-order valence-electron chi connectivity index (χ4n) is 3.41. The van der Waals surface area contributed by atoms with Gasteiger partial charge in [0.25, 0.3) is 0 Å². The topological polar surface area (TPSA) is 58.9 Å². The maximum atomic E-state index is 11.0. The SMILES string of the molecule is COc1c(C(O)c2ccccc2)cc(C(O)c2ccccc2)c(OC)c1C. The Morgan fingerprint density at radius 2 is 1.04 bits per heavy atom. The molecule has 0 aliphatic heterocycles. The molecule has 0 saturated heterocycles. The molecule has 2 unspecified atom stereocenters. The summed E-state index contributed by atoms with van der Waals surface area (Å²) in [7, 11) is 3.13. The van der Waals surface area contributed by atoms with Gasteiger partial charge in [-0.3, -0.25) is 0 Å². The summed E-state index contributed by atoms with van der Waals surface area (Å²) in [5, 5.41) is 21.9. The smallest absolute Gasteiger partial charge is 0.131 e. The molecule has 4 nitrogen and oxygen atoms in total. The zero-order chi connectivity index (χ0) is 19.4. The molecule has 0 radical (unpaired) electrons. The van der Waals surface area contributed by atoms with Crippen LogP contribution in [0.15, 0.2) is 66.7 Å². The minimum absolute atomic E-state index is 0.548. The summed E-state index contributed by atoms with van der Waals surface area (Å²) in [5.41, 5.74) is 3.41. The quantitative estimate of drug-likeness (QED) is 0.689. The van der Waals surface area contributed by atoms with Gasteiger partial charge in [0.2, 0.25) is 0 Å². The highest BCUT2D eigenvalue weighted by Crippen LogP contribution is 2.43. The third-order valence-corrected chi connectivity index (χ3v) is 4.74. The van der Waals surface area contributed by atoms with Crippen molar-refractivity contribution in [3.8, 4) is 11.5 Å². The minimum atomic E-state index is -0.882. The summed E-state index contributed by atoms with van der Waals surface area (Å²) < 4.78 is 11.2. The third kappa shape index (κ3) is 3.68. The van der Waals surface area contributed by atoms with Crippen LogP contribution in [0.2, 0.25) is 0 Å². The van der Waals surface area contributed by atoms with Crippen LogP contribution in [-0.2, 0) is 0 Å². The van der Waals surface area contributed by atoms with Gasteiger partial charge in [-0.15, -0.1) is 0 Å². The molecule has 0 aromatic heterocycles. The van der Waals surface area contributed by atoms with E-state index in [-0.39, 0.29) is 0 Å². The van der Waals surface area contributed by atoms with Crippen molar-refractivity contribution in [1.29, 1.82) is 0 Å². The van der Waals surface area contributed by atoms with E-state index in [4.69, 9.17) is 9.47 Å². The van der Waals surface area contributed by atoms with Gasteiger partial charge < -0.3 is 19.7 Å². The van der Waals surface area contributed by atoms with Crippen molar-refractivity contribution >= 4 is 0 Å². The molecule has 0 aliphatic rings. The second-order valence-electron chi connectivity index (χ2n) is 6.37. The molecule has 0 bridgehead atoms. The van der Waals surface area contributed by atoms with E-state index in [2.05, 4.69) is 0 Å². The number of rotatable bonds is 6. The maximum absolute atomic E-state index is 11.0. The van der Waals surface area contributed by atoms with Crippen molar-refractivity contribution in [2.45, 2.75) is 19.1 Å². The Balaban J connectivity index is 2.18. The van der Waals surface area contributed by atoms with Crippen molar-refractivity contribution in [1.82, 2.24) is 0 Å². The summed E-state index contributed by atoms with van der Waals surface area (Å²) in [5.74, 6) is 1.10. The molecule has 3 rings (SSSR count). The summed E-state index contributed by atoms with van der Waals surface area (Å²) >= 11 is 0.